The molecular formula is C22H17NO4. The van der Waals surface area contributed by atoms with Gasteiger partial charge >= 0.3 is 0 Å². The van der Waals surface area contributed by atoms with Gasteiger partial charge in [0.25, 0.3) is 5.91 Å². The molecule has 1 N–H and O–H groups in total. The molecule has 1 atom stereocenters. The van der Waals surface area contributed by atoms with Crippen LogP contribution in [0.5, 0.6) is 5.75 Å². The van der Waals surface area contributed by atoms with Gasteiger partial charge < -0.3 is 14.5 Å². The fourth-order valence-corrected chi connectivity index (χ4v) is 2.88. The van der Waals surface area contributed by atoms with Gasteiger partial charge in [-0.15, -0.1) is 0 Å². The average Bonchev–Trinajstić information content (AvgIpc) is 2.69. The van der Waals surface area contributed by atoms with Gasteiger partial charge in [-0.2, -0.15) is 0 Å². The molecule has 4 aromatic rings. The molecule has 0 bridgehead atoms. The highest BCUT2D eigenvalue weighted by molar-refractivity contribution is 5.97. The predicted molar refractivity (Wildman–Crippen MR) is 105 cm³/mol. The van der Waals surface area contributed by atoms with Gasteiger partial charge in [-0.25, -0.2) is 0 Å². The van der Waals surface area contributed by atoms with E-state index < -0.39 is 6.10 Å². The van der Waals surface area contributed by atoms with Gasteiger partial charge in [0.2, 0.25) is 5.43 Å². The SMILES string of the molecule is C[C@H](Oc1ccccc1)C(=O)Nc1ccc2oc3ccccc3c(=O)c2c1. The van der Waals surface area contributed by atoms with Crippen LogP contribution < -0.4 is 15.5 Å². The van der Waals surface area contributed by atoms with Crippen molar-refractivity contribution in [3.63, 3.8) is 0 Å². The van der Waals surface area contributed by atoms with E-state index in [1.807, 2.05) is 24.3 Å². The van der Waals surface area contributed by atoms with Gasteiger partial charge in [0.05, 0.1) is 10.8 Å². The van der Waals surface area contributed by atoms with Gasteiger partial charge in [0.1, 0.15) is 16.9 Å². The molecule has 5 heteroatoms. The first-order valence-electron chi connectivity index (χ1n) is 8.60. The lowest BCUT2D eigenvalue weighted by Crippen LogP contribution is -2.30. The lowest BCUT2D eigenvalue weighted by molar-refractivity contribution is -0.122. The quantitative estimate of drug-likeness (QED) is 0.550. The number of nitrogens with one attached hydrogen (secondary N) is 1. The molecule has 0 saturated carbocycles. The van der Waals surface area contributed by atoms with Crippen molar-refractivity contribution in [3.8, 4) is 5.75 Å². The zero-order chi connectivity index (χ0) is 18.8. The average molecular weight is 359 g/mol. The van der Waals surface area contributed by atoms with Crippen molar-refractivity contribution in [1.82, 2.24) is 0 Å². The number of benzene rings is 3. The number of ether oxygens (including phenoxy) is 1. The van der Waals surface area contributed by atoms with Crippen molar-refractivity contribution in [2.45, 2.75) is 13.0 Å². The molecule has 4 rings (SSSR count). The number of carbonyl (C=O) groups excluding carboxylic acids is 1. The minimum absolute atomic E-state index is 0.128. The van der Waals surface area contributed by atoms with Crippen LogP contribution in [0.1, 0.15) is 6.92 Å². The number of hydrogen-bond acceptors (Lipinski definition) is 4. The third kappa shape index (κ3) is 3.40. The summed E-state index contributed by atoms with van der Waals surface area (Å²) in [5.74, 6) is 0.314. The van der Waals surface area contributed by atoms with Gasteiger partial charge in [-0.3, -0.25) is 9.59 Å². The first-order valence-corrected chi connectivity index (χ1v) is 8.60. The fourth-order valence-electron chi connectivity index (χ4n) is 2.88. The third-order valence-corrected chi connectivity index (χ3v) is 4.27. The van der Waals surface area contributed by atoms with Gasteiger partial charge in [-0.05, 0) is 49.4 Å². The van der Waals surface area contributed by atoms with E-state index in [0.717, 1.165) is 0 Å². The third-order valence-electron chi connectivity index (χ3n) is 4.27. The van der Waals surface area contributed by atoms with E-state index in [1.54, 1.807) is 55.5 Å². The number of hydrogen-bond donors (Lipinski definition) is 1. The van der Waals surface area contributed by atoms with E-state index in [4.69, 9.17) is 9.15 Å². The number of rotatable bonds is 4. The van der Waals surface area contributed by atoms with E-state index in [0.29, 0.717) is 33.4 Å². The van der Waals surface area contributed by atoms with E-state index in [-0.39, 0.29) is 11.3 Å². The zero-order valence-corrected chi connectivity index (χ0v) is 14.6. The van der Waals surface area contributed by atoms with E-state index in [1.165, 1.54) is 0 Å². The second-order valence-electron chi connectivity index (χ2n) is 6.20. The van der Waals surface area contributed by atoms with Crippen LogP contribution in [0.3, 0.4) is 0 Å². The molecule has 0 fully saturated rings. The summed E-state index contributed by atoms with van der Waals surface area (Å²) in [6.45, 7) is 1.67. The second kappa shape index (κ2) is 6.96. The predicted octanol–water partition coefficient (Wildman–Crippen LogP) is 4.35. The minimum atomic E-state index is -0.684. The van der Waals surface area contributed by atoms with Crippen LogP contribution in [0.15, 0.2) is 82.0 Å². The monoisotopic (exact) mass is 359 g/mol. The Morgan fingerprint density at radius 2 is 1.63 bits per heavy atom. The summed E-state index contributed by atoms with van der Waals surface area (Å²) in [6.07, 6.45) is -0.684. The Bertz CT molecular complexity index is 1180. The van der Waals surface area contributed by atoms with E-state index in [9.17, 15) is 9.59 Å². The molecule has 0 radical (unpaired) electrons. The lowest BCUT2D eigenvalue weighted by atomic mass is 10.1. The lowest BCUT2D eigenvalue weighted by Gasteiger charge is -2.15. The number of amides is 1. The van der Waals surface area contributed by atoms with Crippen molar-refractivity contribution in [3.05, 3.63) is 83.0 Å². The zero-order valence-electron chi connectivity index (χ0n) is 14.6. The molecule has 1 aromatic heterocycles. The Kier molecular flexibility index (Phi) is 4.34. The Hall–Kier alpha value is -3.60. The van der Waals surface area contributed by atoms with Crippen molar-refractivity contribution in [2.24, 2.45) is 0 Å². The van der Waals surface area contributed by atoms with Crippen LogP contribution >= 0.6 is 0 Å². The maximum atomic E-state index is 12.7. The van der Waals surface area contributed by atoms with Gasteiger partial charge in [0.15, 0.2) is 6.10 Å². The molecule has 5 nitrogen and oxygen atoms in total. The van der Waals surface area contributed by atoms with Crippen LogP contribution in [-0.2, 0) is 4.79 Å². The summed E-state index contributed by atoms with van der Waals surface area (Å²) in [7, 11) is 0. The van der Waals surface area contributed by atoms with Crippen LogP contribution in [0.2, 0.25) is 0 Å². The normalized spacial score (nSPS) is 12.0. The summed E-state index contributed by atoms with van der Waals surface area (Å²) < 4.78 is 11.4. The molecular weight excluding hydrogens is 342 g/mol. The van der Waals surface area contributed by atoms with Crippen molar-refractivity contribution in [2.75, 3.05) is 5.32 Å². The largest absolute Gasteiger partial charge is 0.481 e. The molecule has 0 spiro atoms. The fraction of sp³-hybridized carbons (Fsp3) is 0.0909. The molecule has 0 aliphatic heterocycles. The van der Waals surface area contributed by atoms with E-state index in [2.05, 4.69) is 5.32 Å². The molecule has 27 heavy (non-hydrogen) atoms. The molecule has 0 unspecified atom stereocenters. The molecule has 134 valence electrons. The first-order chi connectivity index (χ1) is 13.1. The number of para-hydroxylation sites is 2. The van der Waals surface area contributed by atoms with Gasteiger partial charge in [0, 0.05) is 5.69 Å². The number of fused-ring (bicyclic) bond motifs is 2. The van der Waals surface area contributed by atoms with Crippen LogP contribution in [-0.4, -0.2) is 12.0 Å². The summed E-state index contributed by atoms with van der Waals surface area (Å²) in [6, 6.07) is 21.2. The molecule has 1 heterocycles. The van der Waals surface area contributed by atoms with Gasteiger partial charge in [-0.1, -0.05) is 30.3 Å². The topological polar surface area (TPSA) is 68.5 Å². The number of carbonyl (C=O) groups is 1. The first kappa shape index (κ1) is 16.8. The summed E-state index contributed by atoms with van der Waals surface area (Å²) in [5.41, 5.74) is 1.40. The molecule has 3 aromatic carbocycles. The molecule has 0 aliphatic carbocycles. The molecule has 0 aliphatic rings. The molecule has 1 amide bonds. The van der Waals surface area contributed by atoms with Crippen LogP contribution in [0.4, 0.5) is 5.69 Å². The maximum absolute atomic E-state index is 12.7. The smallest absolute Gasteiger partial charge is 0.265 e. The van der Waals surface area contributed by atoms with Crippen LogP contribution in [0.25, 0.3) is 21.9 Å². The van der Waals surface area contributed by atoms with E-state index >= 15 is 0 Å². The Morgan fingerprint density at radius 1 is 0.926 bits per heavy atom. The molecule has 0 saturated heterocycles. The Balaban J connectivity index is 1.60. The summed E-state index contributed by atoms with van der Waals surface area (Å²) in [4.78, 5) is 25.1. The highest BCUT2D eigenvalue weighted by Crippen LogP contribution is 2.22. The number of anilines is 1. The highest BCUT2D eigenvalue weighted by Gasteiger charge is 2.16. The van der Waals surface area contributed by atoms with Crippen molar-refractivity contribution >= 4 is 33.5 Å². The standard InChI is InChI=1S/C22H17NO4/c1-14(26-16-7-3-2-4-8-16)22(25)23-15-11-12-20-18(13-15)21(24)17-9-5-6-10-19(17)27-20/h2-14H,1H3,(H,23,25)/t14-/m0/s1. The van der Waals surface area contributed by atoms with Crippen molar-refractivity contribution < 1.29 is 13.9 Å². The maximum Gasteiger partial charge on any atom is 0.265 e. The summed E-state index contributed by atoms with van der Waals surface area (Å²) >= 11 is 0. The Morgan fingerprint density at radius 3 is 2.44 bits per heavy atom. The summed E-state index contributed by atoms with van der Waals surface area (Å²) in [5, 5.41) is 3.71. The van der Waals surface area contributed by atoms with Crippen molar-refractivity contribution in [1.29, 1.82) is 0 Å². The van der Waals surface area contributed by atoms with Crippen LogP contribution in [0, 0.1) is 0 Å². The minimum Gasteiger partial charge on any atom is -0.481 e. The highest BCUT2D eigenvalue weighted by atomic mass is 16.5. The second-order valence-corrected chi connectivity index (χ2v) is 6.20. The Labute approximate surface area is 155 Å².